The third-order valence-corrected chi connectivity index (χ3v) is 4.09. The number of carbonyl (C=O) groups is 2. The van der Waals surface area contributed by atoms with Gasteiger partial charge < -0.3 is 4.90 Å². The number of carbonyl (C=O) groups excluding carboxylic acids is 2. The molecule has 1 atom stereocenters. The van der Waals surface area contributed by atoms with E-state index in [1.54, 1.807) is 0 Å². The summed E-state index contributed by atoms with van der Waals surface area (Å²) >= 11 is 1.83. The fourth-order valence-electron chi connectivity index (χ4n) is 2.26. The number of fused-ring (bicyclic) bond motifs is 1. The van der Waals surface area contributed by atoms with Crippen molar-refractivity contribution in [3.8, 4) is 0 Å². The van der Waals surface area contributed by atoms with Gasteiger partial charge in [-0.25, -0.2) is 4.79 Å². The van der Waals surface area contributed by atoms with Crippen LogP contribution in [0.3, 0.4) is 0 Å². The van der Waals surface area contributed by atoms with E-state index in [-0.39, 0.29) is 18.0 Å². The number of thioether (sulfide) groups is 1. The topological polar surface area (TPSA) is 40.6 Å². The van der Waals surface area contributed by atoms with Crippen molar-refractivity contribution in [1.29, 1.82) is 0 Å². The van der Waals surface area contributed by atoms with Crippen LogP contribution >= 0.6 is 11.8 Å². The van der Waals surface area contributed by atoms with Crippen LogP contribution in [-0.4, -0.2) is 51.4 Å². The van der Waals surface area contributed by atoms with Crippen LogP contribution in [0.15, 0.2) is 0 Å². The highest BCUT2D eigenvalue weighted by atomic mass is 32.2. The Balaban J connectivity index is 2.24. The van der Waals surface area contributed by atoms with Gasteiger partial charge in [0.05, 0.1) is 6.04 Å². The molecule has 0 aromatic carbocycles. The van der Waals surface area contributed by atoms with Crippen LogP contribution in [0.4, 0.5) is 4.79 Å². The lowest BCUT2D eigenvalue weighted by Gasteiger charge is -2.46. The molecule has 2 saturated heterocycles. The normalized spacial score (nSPS) is 27.1. The number of amides is 3. The Morgan fingerprint density at radius 2 is 2.00 bits per heavy atom. The lowest BCUT2D eigenvalue weighted by atomic mass is 10.0. The highest BCUT2D eigenvalue weighted by molar-refractivity contribution is 7.99. The van der Waals surface area contributed by atoms with Gasteiger partial charge in [-0.2, -0.15) is 11.8 Å². The minimum atomic E-state index is -0.413. The van der Waals surface area contributed by atoms with Gasteiger partial charge in [0.1, 0.15) is 0 Å². The summed E-state index contributed by atoms with van der Waals surface area (Å²) in [6.45, 7) is 6.49. The minimum Gasteiger partial charge on any atom is -0.319 e. The Bertz CT molecular complexity index is 324. The second-order valence-electron chi connectivity index (χ2n) is 5.31. The molecule has 90 valence electrons. The van der Waals surface area contributed by atoms with Crippen LogP contribution in [0.25, 0.3) is 0 Å². The first-order valence-corrected chi connectivity index (χ1v) is 6.78. The molecular weight excluding hydrogens is 224 g/mol. The van der Waals surface area contributed by atoms with Gasteiger partial charge >= 0.3 is 6.03 Å². The molecule has 1 unspecified atom stereocenters. The van der Waals surface area contributed by atoms with Gasteiger partial charge in [-0.15, -0.1) is 0 Å². The zero-order valence-electron chi connectivity index (χ0n) is 10.0. The lowest BCUT2D eigenvalue weighted by molar-refractivity contribution is -0.136. The Hall–Kier alpha value is -0.710. The molecule has 5 heteroatoms. The lowest BCUT2D eigenvalue weighted by Crippen LogP contribution is -2.64. The van der Waals surface area contributed by atoms with E-state index in [2.05, 4.69) is 0 Å². The van der Waals surface area contributed by atoms with Crippen LogP contribution < -0.4 is 0 Å². The predicted octanol–water partition coefficient (Wildman–Crippen LogP) is 1.55. The van der Waals surface area contributed by atoms with Crippen molar-refractivity contribution in [2.75, 3.05) is 18.1 Å². The van der Waals surface area contributed by atoms with E-state index in [9.17, 15) is 9.59 Å². The van der Waals surface area contributed by atoms with Gasteiger partial charge in [0.15, 0.2) is 0 Å². The SMILES string of the molecule is CC(C)(C)N1C(=O)CC2CSCCN2C1=O. The third kappa shape index (κ3) is 1.93. The quantitative estimate of drug-likeness (QED) is 0.647. The molecule has 0 aliphatic carbocycles. The maximum atomic E-state index is 12.2. The second-order valence-corrected chi connectivity index (χ2v) is 6.46. The number of urea groups is 1. The Morgan fingerprint density at radius 3 is 2.62 bits per heavy atom. The summed E-state index contributed by atoms with van der Waals surface area (Å²) in [7, 11) is 0. The minimum absolute atomic E-state index is 0.0266. The highest BCUT2D eigenvalue weighted by Crippen LogP contribution is 2.29. The van der Waals surface area contributed by atoms with E-state index >= 15 is 0 Å². The maximum absolute atomic E-state index is 12.2. The molecule has 2 aliphatic rings. The van der Waals surface area contributed by atoms with Gasteiger partial charge in [0.25, 0.3) is 0 Å². The van der Waals surface area contributed by atoms with Crippen LogP contribution in [-0.2, 0) is 4.79 Å². The summed E-state index contributed by atoms with van der Waals surface area (Å²) in [5.74, 6) is 1.85. The van der Waals surface area contributed by atoms with Crippen molar-refractivity contribution in [2.24, 2.45) is 0 Å². The van der Waals surface area contributed by atoms with Crippen LogP contribution in [0.5, 0.6) is 0 Å². The molecule has 2 fully saturated rings. The molecule has 0 aromatic rings. The summed E-state index contributed by atoms with van der Waals surface area (Å²) in [6.07, 6.45) is 0.482. The van der Waals surface area contributed by atoms with E-state index in [0.717, 1.165) is 18.1 Å². The average Bonchev–Trinajstić information content (AvgIpc) is 2.15. The van der Waals surface area contributed by atoms with Crippen molar-refractivity contribution in [3.63, 3.8) is 0 Å². The van der Waals surface area contributed by atoms with Gasteiger partial charge in [-0.3, -0.25) is 9.69 Å². The highest BCUT2D eigenvalue weighted by Gasteiger charge is 2.44. The number of hydrogen-bond donors (Lipinski definition) is 0. The summed E-state index contributed by atoms with van der Waals surface area (Å²) in [5, 5.41) is 0. The summed E-state index contributed by atoms with van der Waals surface area (Å²) in [4.78, 5) is 27.5. The smallest absolute Gasteiger partial charge is 0.319 e. The molecule has 0 bridgehead atoms. The van der Waals surface area contributed by atoms with E-state index in [1.165, 1.54) is 4.90 Å². The zero-order chi connectivity index (χ0) is 11.9. The van der Waals surface area contributed by atoms with E-state index in [1.807, 2.05) is 37.4 Å². The molecule has 0 saturated carbocycles. The van der Waals surface area contributed by atoms with E-state index in [0.29, 0.717) is 6.42 Å². The van der Waals surface area contributed by atoms with Gasteiger partial charge in [-0.1, -0.05) is 0 Å². The number of nitrogens with zero attached hydrogens (tertiary/aromatic N) is 2. The van der Waals surface area contributed by atoms with Crippen LogP contribution in [0.1, 0.15) is 27.2 Å². The van der Waals surface area contributed by atoms with Gasteiger partial charge in [0.2, 0.25) is 5.91 Å². The number of rotatable bonds is 0. The standard InChI is InChI=1S/C11H18N2O2S/c1-11(2,3)13-9(14)6-8-7-16-5-4-12(8)10(13)15/h8H,4-7H2,1-3H3. The van der Waals surface area contributed by atoms with Crippen LogP contribution in [0, 0.1) is 0 Å². The zero-order valence-corrected chi connectivity index (χ0v) is 10.8. The van der Waals surface area contributed by atoms with Crippen molar-refractivity contribution in [2.45, 2.75) is 38.8 Å². The molecule has 4 nitrogen and oxygen atoms in total. The van der Waals surface area contributed by atoms with Crippen molar-refractivity contribution in [1.82, 2.24) is 9.80 Å². The Kier molecular flexibility index (Phi) is 2.90. The molecule has 2 heterocycles. The maximum Gasteiger partial charge on any atom is 0.327 e. The second kappa shape index (κ2) is 3.95. The molecular formula is C11H18N2O2S. The molecule has 2 rings (SSSR count). The third-order valence-electron chi connectivity index (χ3n) is 2.99. The monoisotopic (exact) mass is 242 g/mol. The van der Waals surface area contributed by atoms with Crippen molar-refractivity contribution < 1.29 is 9.59 Å². The molecule has 0 N–H and O–H groups in total. The predicted molar refractivity (Wildman–Crippen MR) is 64.4 cm³/mol. The fourth-order valence-corrected chi connectivity index (χ4v) is 3.33. The molecule has 0 spiro atoms. The molecule has 3 amide bonds. The number of imide groups is 1. The van der Waals surface area contributed by atoms with Gasteiger partial charge in [-0.05, 0) is 20.8 Å². The molecule has 16 heavy (non-hydrogen) atoms. The Labute approximate surface area is 100 Å². The van der Waals surface area contributed by atoms with Crippen molar-refractivity contribution >= 4 is 23.7 Å². The van der Waals surface area contributed by atoms with Crippen molar-refractivity contribution in [3.05, 3.63) is 0 Å². The fraction of sp³-hybridized carbons (Fsp3) is 0.818. The first-order valence-electron chi connectivity index (χ1n) is 5.62. The van der Waals surface area contributed by atoms with Crippen LogP contribution in [0.2, 0.25) is 0 Å². The number of hydrogen-bond acceptors (Lipinski definition) is 3. The van der Waals surface area contributed by atoms with E-state index in [4.69, 9.17) is 0 Å². The molecule has 0 aromatic heterocycles. The molecule has 0 radical (unpaired) electrons. The Morgan fingerprint density at radius 1 is 1.31 bits per heavy atom. The largest absolute Gasteiger partial charge is 0.327 e. The summed E-state index contributed by atoms with van der Waals surface area (Å²) < 4.78 is 0. The van der Waals surface area contributed by atoms with Gasteiger partial charge in [0, 0.05) is 30.0 Å². The summed E-state index contributed by atoms with van der Waals surface area (Å²) in [6, 6.07) is 0.0198. The summed E-state index contributed by atoms with van der Waals surface area (Å²) in [5.41, 5.74) is -0.413. The first kappa shape index (κ1) is 11.8. The van der Waals surface area contributed by atoms with E-state index < -0.39 is 5.54 Å². The first-order chi connectivity index (χ1) is 7.41. The average molecular weight is 242 g/mol. The molecule has 2 aliphatic heterocycles.